The Morgan fingerprint density at radius 3 is 2.61 bits per heavy atom. The van der Waals surface area contributed by atoms with E-state index in [1.807, 2.05) is 30.3 Å². The summed E-state index contributed by atoms with van der Waals surface area (Å²) in [6, 6.07) is 9.26. The van der Waals surface area contributed by atoms with Gasteiger partial charge in [-0.25, -0.2) is 4.79 Å². The average molecular weight is 467 g/mol. The van der Waals surface area contributed by atoms with Gasteiger partial charge in [-0.2, -0.15) is 5.26 Å². The third kappa shape index (κ3) is 6.45. The number of amides is 1. The van der Waals surface area contributed by atoms with Crippen molar-refractivity contribution in [1.82, 2.24) is 0 Å². The summed E-state index contributed by atoms with van der Waals surface area (Å²) in [6.45, 7) is 4.84. The van der Waals surface area contributed by atoms with E-state index in [9.17, 15) is 14.9 Å². The van der Waals surface area contributed by atoms with E-state index in [0.29, 0.717) is 17.2 Å². The van der Waals surface area contributed by atoms with Crippen LogP contribution in [-0.4, -0.2) is 25.1 Å². The molecule has 0 unspecified atom stereocenters. The summed E-state index contributed by atoms with van der Waals surface area (Å²) in [5, 5.41) is 12.8. The maximum absolute atomic E-state index is 12.9. The molecule has 0 radical (unpaired) electrons. The van der Waals surface area contributed by atoms with E-state index in [-0.39, 0.29) is 12.2 Å². The van der Waals surface area contributed by atoms with Crippen LogP contribution in [0.4, 0.5) is 5.00 Å². The molecule has 0 bridgehead atoms. The molecule has 1 heterocycles. The highest BCUT2D eigenvalue weighted by molar-refractivity contribution is 7.17. The Morgan fingerprint density at radius 2 is 1.91 bits per heavy atom. The molecule has 1 aromatic carbocycles. The fourth-order valence-corrected chi connectivity index (χ4v) is 5.03. The number of carbonyl (C=O) groups is 2. The minimum Gasteiger partial charge on any atom is -0.494 e. The Kier molecular flexibility index (Phi) is 9.08. The normalized spacial score (nSPS) is 13.1. The number of nitrogens with zero attached hydrogens (tertiary/aromatic N) is 1. The van der Waals surface area contributed by atoms with Crippen LogP contribution in [0.2, 0.25) is 0 Å². The van der Waals surface area contributed by atoms with E-state index in [1.54, 1.807) is 6.92 Å². The molecule has 174 valence electrons. The summed E-state index contributed by atoms with van der Waals surface area (Å²) in [4.78, 5) is 26.6. The van der Waals surface area contributed by atoms with Gasteiger partial charge in [-0.3, -0.25) is 4.79 Å². The molecule has 33 heavy (non-hydrogen) atoms. The molecule has 2 aromatic rings. The van der Waals surface area contributed by atoms with Gasteiger partial charge in [0.2, 0.25) is 0 Å². The van der Waals surface area contributed by atoms with Crippen LogP contribution in [0.5, 0.6) is 5.75 Å². The van der Waals surface area contributed by atoms with Crippen LogP contribution in [0.15, 0.2) is 29.8 Å². The molecule has 0 fully saturated rings. The molecule has 0 saturated carbocycles. The first kappa shape index (κ1) is 24.5. The van der Waals surface area contributed by atoms with Crippen molar-refractivity contribution < 1.29 is 19.1 Å². The summed E-state index contributed by atoms with van der Waals surface area (Å²) in [5.41, 5.74) is 2.09. The summed E-state index contributed by atoms with van der Waals surface area (Å²) in [7, 11) is 0. The Hall–Kier alpha value is -3.11. The second-order valence-electron chi connectivity index (χ2n) is 7.88. The SMILES string of the molecule is CCCCCOc1ccc(/C=C(\C#N)C(=O)Nc2sc3c(c2C(=O)OCC)CCCC3)cc1. The average Bonchev–Trinajstić information content (AvgIpc) is 3.19. The van der Waals surface area contributed by atoms with Crippen LogP contribution in [-0.2, 0) is 22.4 Å². The number of nitrogens with one attached hydrogen (secondary N) is 1. The van der Waals surface area contributed by atoms with Gasteiger partial charge in [0, 0.05) is 4.88 Å². The Labute approximate surface area is 199 Å². The van der Waals surface area contributed by atoms with Crippen molar-refractivity contribution in [3.05, 3.63) is 51.4 Å². The lowest BCUT2D eigenvalue weighted by molar-refractivity contribution is -0.112. The molecule has 1 N–H and O–H groups in total. The molecule has 1 aliphatic rings. The third-order valence-corrected chi connectivity index (χ3v) is 6.66. The summed E-state index contributed by atoms with van der Waals surface area (Å²) >= 11 is 1.41. The van der Waals surface area contributed by atoms with Crippen molar-refractivity contribution in [2.45, 2.75) is 58.8 Å². The van der Waals surface area contributed by atoms with Crippen LogP contribution in [0.25, 0.3) is 6.08 Å². The first-order valence-corrected chi connectivity index (χ1v) is 12.4. The van der Waals surface area contributed by atoms with Crippen LogP contribution < -0.4 is 10.1 Å². The highest BCUT2D eigenvalue weighted by atomic mass is 32.1. The fourth-order valence-electron chi connectivity index (χ4n) is 3.76. The van der Waals surface area contributed by atoms with Gasteiger partial charge in [0.05, 0.1) is 18.8 Å². The first-order chi connectivity index (χ1) is 16.1. The zero-order chi connectivity index (χ0) is 23.6. The molecule has 0 atom stereocenters. The minimum absolute atomic E-state index is 0.0344. The van der Waals surface area contributed by atoms with E-state index in [1.165, 1.54) is 17.4 Å². The van der Waals surface area contributed by atoms with Crippen LogP contribution in [0, 0.1) is 11.3 Å². The molecule has 1 aliphatic carbocycles. The number of ether oxygens (including phenoxy) is 2. The van der Waals surface area contributed by atoms with Gasteiger partial charge < -0.3 is 14.8 Å². The number of hydrogen-bond acceptors (Lipinski definition) is 6. The van der Waals surface area contributed by atoms with Crippen molar-refractivity contribution >= 4 is 34.3 Å². The van der Waals surface area contributed by atoms with Crippen LogP contribution >= 0.6 is 11.3 Å². The van der Waals surface area contributed by atoms with Gasteiger partial charge in [-0.1, -0.05) is 31.9 Å². The van der Waals surface area contributed by atoms with Crippen molar-refractivity contribution in [1.29, 1.82) is 5.26 Å². The van der Waals surface area contributed by atoms with Gasteiger partial charge in [-0.05, 0) is 68.4 Å². The second-order valence-corrected chi connectivity index (χ2v) is 8.99. The van der Waals surface area contributed by atoms with E-state index in [0.717, 1.165) is 66.7 Å². The highest BCUT2D eigenvalue weighted by Crippen LogP contribution is 2.38. The number of anilines is 1. The molecule has 0 saturated heterocycles. The van der Waals surface area contributed by atoms with E-state index in [4.69, 9.17) is 9.47 Å². The highest BCUT2D eigenvalue weighted by Gasteiger charge is 2.27. The quantitative estimate of drug-likeness (QED) is 0.203. The predicted molar refractivity (Wildman–Crippen MR) is 131 cm³/mol. The van der Waals surface area contributed by atoms with Gasteiger partial charge in [0.15, 0.2) is 0 Å². The number of hydrogen-bond donors (Lipinski definition) is 1. The number of nitriles is 1. The number of fused-ring (bicyclic) bond motifs is 1. The van der Waals surface area contributed by atoms with Gasteiger partial charge in [0.1, 0.15) is 22.4 Å². The topological polar surface area (TPSA) is 88.4 Å². The molecule has 3 rings (SSSR count). The Morgan fingerprint density at radius 1 is 1.15 bits per heavy atom. The zero-order valence-corrected chi connectivity index (χ0v) is 20.1. The second kappa shape index (κ2) is 12.2. The van der Waals surface area contributed by atoms with E-state index < -0.39 is 11.9 Å². The summed E-state index contributed by atoms with van der Waals surface area (Å²) in [6.07, 6.45) is 8.56. The van der Waals surface area contributed by atoms with Crippen molar-refractivity contribution in [2.24, 2.45) is 0 Å². The standard InChI is InChI=1S/C26H30N2O4S/c1-3-5-8-15-32-20-13-11-18(12-14-20)16-19(17-27)24(29)28-25-23(26(30)31-4-2)21-9-6-7-10-22(21)33-25/h11-14,16H,3-10,15H2,1-2H3,(H,28,29)/b19-16+. The predicted octanol–water partition coefficient (Wildman–Crippen LogP) is 5.92. The molecular formula is C26H30N2O4S. The maximum Gasteiger partial charge on any atom is 0.341 e. The molecule has 0 aliphatic heterocycles. The Bertz CT molecular complexity index is 1050. The number of aryl methyl sites for hydroxylation is 1. The molecule has 7 heteroatoms. The number of rotatable bonds is 10. The van der Waals surface area contributed by atoms with Gasteiger partial charge in [-0.15, -0.1) is 11.3 Å². The van der Waals surface area contributed by atoms with Crippen molar-refractivity contribution in [2.75, 3.05) is 18.5 Å². The Balaban J connectivity index is 1.75. The largest absolute Gasteiger partial charge is 0.494 e. The zero-order valence-electron chi connectivity index (χ0n) is 19.2. The maximum atomic E-state index is 12.9. The fraction of sp³-hybridized carbons (Fsp3) is 0.423. The van der Waals surface area contributed by atoms with E-state index >= 15 is 0 Å². The number of carbonyl (C=O) groups excluding carboxylic acids is 2. The molecular weight excluding hydrogens is 436 g/mol. The third-order valence-electron chi connectivity index (χ3n) is 5.45. The molecule has 6 nitrogen and oxygen atoms in total. The molecule has 1 aromatic heterocycles. The first-order valence-electron chi connectivity index (χ1n) is 11.5. The number of benzene rings is 1. The van der Waals surface area contributed by atoms with Crippen molar-refractivity contribution in [3.63, 3.8) is 0 Å². The summed E-state index contributed by atoms with van der Waals surface area (Å²) in [5.74, 6) is -0.208. The lowest BCUT2D eigenvalue weighted by Gasteiger charge is -2.12. The number of unbranched alkanes of at least 4 members (excludes halogenated alkanes) is 2. The van der Waals surface area contributed by atoms with Crippen LogP contribution in [0.3, 0.4) is 0 Å². The number of esters is 1. The van der Waals surface area contributed by atoms with Crippen LogP contribution in [0.1, 0.15) is 72.3 Å². The van der Waals surface area contributed by atoms with Gasteiger partial charge in [0.25, 0.3) is 5.91 Å². The number of thiophene rings is 1. The minimum atomic E-state index is -0.540. The lowest BCUT2D eigenvalue weighted by atomic mass is 9.95. The van der Waals surface area contributed by atoms with E-state index in [2.05, 4.69) is 12.2 Å². The van der Waals surface area contributed by atoms with Crippen molar-refractivity contribution in [3.8, 4) is 11.8 Å². The van der Waals surface area contributed by atoms with Gasteiger partial charge >= 0.3 is 5.97 Å². The lowest BCUT2D eigenvalue weighted by Crippen LogP contribution is -2.16. The molecule has 1 amide bonds. The monoisotopic (exact) mass is 466 g/mol. The summed E-state index contributed by atoms with van der Waals surface area (Å²) < 4.78 is 10.9. The smallest absolute Gasteiger partial charge is 0.341 e. The molecule has 0 spiro atoms.